The number of halogens is 2. The summed E-state index contributed by atoms with van der Waals surface area (Å²) in [5, 5.41) is 0. The molecule has 1 aromatic carbocycles. The summed E-state index contributed by atoms with van der Waals surface area (Å²) >= 11 is 0. The van der Waals surface area contributed by atoms with Crippen LogP contribution < -0.4 is 0 Å². The minimum Gasteiger partial charge on any atom is -0.206 e. The fraction of sp³-hybridized carbons (Fsp3) is 0.684. The van der Waals surface area contributed by atoms with Gasteiger partial charge in [-0.3, -0.25) is 0 Å². The summed E-state index contributed by atoms with van der Waals surface area (Å²) in [5.74, 6) is -2.90. The van der Waals surface area contributed by atoms with Crippen LogP contribution in [0.25, 0.3) is 0 Å². The fourth-order valence-electron chi connectivity index (χ4n) is 3.61. The van der Waals surface area contributed by atoms with E-state index in [0.29, 0.717) is 6.42 Å². The van der Waals surface area contributed by atoms with Gasteiger partial charge in [0.1, 0.15) is 0 Å². The van der Waals surface area contributed by atoms with Crippen molar-refractivity contribution < 1.29 is 8.78 Å². The van der Waals surface area contributed by atoms with Gasteiger partial charge in [-0.25, -0.2) is 8.78 Å². The molecule has 0 radical (unpaired) electrons. The number of aryl methyl sites for hydroxylation is 1. The molecule has 1 aliphatic carbocycles. The van der Waals surface area contributed by atoms with Crippen molar-refractivity contribution in [1.82, 2.24) is 0 Å². The van der Waals surface area contributed by atoms with Crippen LogP contribution in [0, 0.1) is 5.92 Å². The third-order valence-corrected chi connectivity index (χ3v) is 4.83. The highest BCUT2D eigenvalue weighted by Gasteiger charge is 2.45. The Morgan fingerprint density at radius 1 is 1.05 bits per heavy atom. The molecule has 0 N–H and O–H groups in total. The minimum atomic E-state index is -2.54. The lowest BCUT2D eigenvalue weighted by Crippen LogP contribution is -2.34. The van der Waals surface area contributed by atoms with Gasteiger partial charge >= 0.3 is 0 Å². The smallest absolute Gasteiger partial charge is 0.206 e. The molecule has 1 aromatic rings. The first kappa shape index (κ1) is 16.5. The average molecular weight is 294 g/mol. The maximum absolute atomic E-state index is 14.4. The Balaban J connectivity index is 2.04. The molecule has 0 amide bonds. The molecule has 0 aromatic heterocycles. The molecule has 2 heteroatoms. The second-order valence-electron chi connectivity index (χ2n) is 6.59. The van der Waals surface area contributed by atoms with E-state index in [1.54, 1.807) is 0 Å². The Hall–Kier alpha value is -0.920. The number of rotatable bonds is 6. The van der Waals surface area contributed by atoms with E-state index in [2.05, 4.69) is 13.8 Å². The summed E-state index contributed by atoms with van der Waals surface area (Å²) in [5.41, 5.74) is 2.10. The summed E-state index contributed by atoms with van der Waals surface area (Å²) in [6.45, 7) is 4.25. The highest BCUT2D eigenvalue weighted by Crippen LogP contribution is 2.47. The van der Waals surface area contributed by atoms with Gasteiger partial charge in [0.05, 0.1) is 0 Å². The SMILES string of the molecule is CCCCc1ccc(C2CCC(CCC)CC2(F)F)cc1. The van der Waals surface area contributed by atoms with Crippen LogP contribution >= 0.6 is 0 Å². The summed E-state index contributed by atoms with van der Waals surface area (Å²) in [6, 6.07) is 7.95. The van der Waals surface area contributed by atoms with E-state index in [0.717, 1.165) is 37.7 Å². The predicted molar refractivity (Wildman–Crippen MR) is 85.0 cm³/mol. The second kappa shape index (κ2) is 7.38. The van der Waals surface area contributed by atoms with Crippen molar-refractivity contribution in [3.05, 3.63) is 35.4 Å². The van der Waals surface area contributed by atoms with Crippen LogP contribution in [0.2, 0.25) is 0 Å². The Bertz CT molecular complexity index is 422. The normalized spacial score (nSPS) is 25.0. The van der Waals surface area contributed by atoms with Gasteiger partial charge in [0, 0.05) is 12.3 Å². The van der Waals surface area contributed by atoms with Gasteiger partial charge < -0.3 is 0 Å². The molecule has 118 valence electrons. The van der Waals surface area contributed by atoms with Gasteiger partial charge in [0.2, 0.25) is 0 Å². The van der Waals surface area contributed by atoms with Crippen molar-refractivity contribution in [2.75, 3.05) is 0 Å². The van der Waals surface area contributed by atoms with E-state index in [4.69, 9.17) is 0 Å². The van der Waals surface area contributed by atoms with E-state index in [1.807, 2.05) is 24.3 Å². The van der Waals surface area contributed by atoms with Crippen molar-refractivity contribution in [2.45, 2.75) is 77.1 Å². The summed E-state index contributed by atoms with van der Waals surface area (Å²) in [6.07, 6.45) is 6.99. The lowest BCUT2D eigenvalue weighted by atomic mass is 9.74. The minimum absolute atomic E-state index is 0.0725. The first-order chi connectivity index (χ1) is 10.1. The molecule has 1 aliphatic rings. The Labute approximate surface area is 128 Å². The zero-order valence-electron chi connectivity index (χ0n) is 13.4. The molecule has 0 saturated heterocycles. The first-order valence-corrected chi connectivity index (χ1v) is 8.53. The van der Waals surface area contributed by atoms with Crippen LogP contribution in [0.5, 0.6) is 0 Å². The standard InChI is InChI=1S/C19H28F2/c1-3-5-7-15-8-11-17(12-9-15)18-13-10-16(6-4-2)14-19(18,20)21/h8-9,11-12,16,18H,3-7,10,13-14H2,1-2H3. The van der Waals surface area contributed by atoms with Gasteiger partial charge in [-0.1, -0.05) is 57.4 Å². The molecule has 0 heterocycles. The van der Waals surface area contributed by atoms with Crippen LogP contribution in [-0.2, 0) is 6.42 Å². The molecule has 2 rings (SSSR count). The maximum Gasteiger partial charge on any atom is 0.255 e. The van der Waals surface area contributed by atoms with Crippen LogP contribution in [0.15, 0.2) is 24.3 Å². The van der Waals surface area contributed by atoms with Gasteiger partial charge in [0.25, 0.3) is 5.92 Å². The highest BCUT2D eigenvalue weighted by atomic mass is 19.3. The zero-order valence-corrected chi connectivity index (χ0v) is 13.4. The van der Waals surface area contributed by atoms with E-state index >= 15 is 0 Å². The molecule has 2 unspecified atom stereocenters. The van der Waals surface area contributed by atoms with Crippen LogP contribution in [0.4, 0.5) is 8.78 Å². The molecule has 0 nitrogen and oxygen atoms in total. The van der Waals surface area contributed by atoms with Gasteiger partial charge in [-0.2, -0.15) is 0 Å². The van der Waals surface area contributed by atoms with E-state index < -0.39 is 11.8 Å². The molecule has 1 saturated carbocycles. The quantitative estimate of drug-likeness (QED) is 0.573. The van der Waals surface area contributed by atoms with Crippen molar-refractivity contribution in [3.63, 3.8) is 0 Å². The topological polar surface area (TPSA) is 0 Å². The second-order valence-corrected chi connectivity index (χ2v) is 6.59. The van der Waals surface area contributed by atoms with Crippen LogP contribution in [0.1, 0.15) is 75.8 Å². The molecule has 0 aliphatic heterocycles. The van der Waals surface area contributed by atoms with Crippen LogP contribution in [-0.4, -0.2) is 5.92 Å². The highest BCUT2D eigenvalue weighted by molar-refractivity contribution is 5.27. The maximum atomic E-state index is 14.4. The third kappa shape index (κ3) is 4.28. The Morgan fingerprint density at radius 2 is 1.76 bits per heavy atom. The molecule has 21 heavy (non-hydrogen) atoms. The number of unbranched alkanes of at least 4 members (excludes halogenated alkanes) is 1. The van der Waals surface area contributed by atoms with Crippen molar-refractivity contribution in [1.29, 1.82) is 0 Å². The monoisotopic (exact) mass is 294 g/mol. The van der Waals surface area contributed by atoms with Crippen LogP contribution in [0.3, 0.4) is 0 Å². The predicted octanol–water partition coefficient (Wildman–Crippen LogP) is 6.35. The number of benzene rings is 1. The fourth-order valence-corrected chi connectivity index (χ4v) is 3.61. The van der Waals surface area contributed by atoms with Gasteiger partial charge in [-0.05, 0) is 42.7 Å². The van der Waals surface area contributed by atoms with Gasteiger partial charge in [-0.15, -0.1) is 0 Å². The largest absolute Gasteiger partial charge is 0.255 e. The van der Waals surface area contributed by atoms with E-state index in [1.165, 1.54) is 12.0 Å². The molecular formula is C19H28F2. The summed E-state index contributed by atoms with van der Waals surface area (Å²) < 4.78 is 28.9. The number of hydrogen-bond acceptors (Lipinski definition) is 0. The van der Waals surface area contributed by atoms with E-state index in [9.17, 15) is 8.78 Å². The number of hydrogen-bond donors (Lipinski definition) is 0. The Morgan fingerprint density at radius 3 is 2.33 bits per heavy atom. The summed E-state index contributed by atoms with van der Waals surface area (Å²) in [7, 11) is 0. The molecule has 1 fully saturated rings. The molecule has 2 atom stereocenters. The van der Waals surface area contributed by atoms with Gasteiger partial charge in [0.15, 0.2) is 0 Å². The molecule has 0 bridgehead atoms. The lowest BCUT2D eigenvalue weighted by Gasteiger charge is -2.36. The van der Waals surface area contributed by atoms with Crippen molar-refractivity contribution in [3.8, 4) is 0 Å². The molecule has 0 spiro atoms. The summed E-state index contributed by atoms with van der Waals surface area (Å²) in [4.78, 5) is 0. The van der Waals surface area contributed by atoms with Crippen molar-refractivity contribution >= 4 is 0 Å². The number of alkyl halides is 2. The lowest BCUT2D eigenvalue weighted by molar-refractivity contribution is -0.0735. The van der Waals surface area contributed by atoms with Crippen molar-refractivity contribution in [2.24, 2.45) is 5.92 Å². The Kier molecular flexibility index (Phi) is 5.78. The first-order valence-electron chi connectivity index (χ1n) is 8.53. The zero-order chi connectivity index (χ0) is 15.3. The molecular weight excluding hydrogens is 266 g/mol. The third-order valence-electron chi connectivity index (χ3n) is 4.83. The van der Waals surface area contributed by atoms with E-state index in [-0.39, 0.29) is 12.3 Å². The average Bonchev–Trinajstić information content (AvgIpc) is 2.45.